The van der Waals surface area contributed by atoms with Crippen LogP contribution in [0.5, 0.6) is 0 Å². The van der Waals surface area contributed by atoms with Crippen LogP contribution < -0.4 is 5.73 Å². The van der Waals surface area contributed by atoms with Crippen molar-refractivity contribution in [2.24, 2.45) is 0 Å². The summed E-state index contributed by atoms with van der Waals surface area (Å²) in [6.07, 6.45) is 0. The van der Waals surface area contributed by atoms with E-state index in [9.17, 15) is 0 Å². The van der Waals surface area contributed by atoms with E-state index in [0.717, 1.165) is 15.5 Å². The third-order valence-corrected chi connectivity index (χ3v) is 3.92. The monoisotopic (exact) mass is 313 g/mol. The summed E-state index contributed by atoms with van der Waals surface area (Å²) < 4.78 is 0. The van der Waals surface area contributed by atoms with Crippen LogP contribution in [0.15, 0.2) is 70.6 Å². The number of benzene rings is 2. The first kappa shape index (κ1) is 13.9. The molecule has 0 saturated heterocycles. The lowest BCUT2D eigenvalue weighted by Gasteiger charge is -2.06. The molecule has 0 amide bonds. The molecule has 21 heavy (non-hydrogen) atoms. The molecule has 0 radical (unpaired) electrons. The number of halogens is 1. The van der Waals surface area contributed by atoms with E-state index in [4.69, 9.17) is 17.3 Å². The first-order chi connectivity index (χ1) is 10.2. The van der Waals surface area contributed by atoms with Crippen LogP contribution in [0.1, 0.15) is 0 Å². The second-order valence-electron chi connectivity index (χ2n) is 4.38. The standard InChI is InChI=1S/C16H12ClN3S/c17-12-7-4-8-13(9-12)21-15-10-14(18)19-16(20-15)11-5-2-1-3-6-11/h1-10H,(H2,18,19,20). The maximum Gasteiger partial charge on any atom is 0.162 e. The predicted octanol–water partition coefficient (Wildman–Crippen LogP) is 4.53. The average molecular weight is 314 g/mol. The van der Waals surface area contributed by atoms with Gasteiger partial charge in [0.1, 0.15) is 10.8 Å². The minimum absolute atomic E-state index is 0.452. The molecule has 0 fully saturated rings. The first-order valence-corrected chi connectivity index (χ1v) is 7.53. The second kappa shape index (κ2) is 6.16. The molecule has 0 unspecified atom stereocenters. The van der Waals surface area contributed by atoms with Crippen molar-refractivity contribution in [2.75, 3.05) is 5.73 Å². The highest BCUT2D eigenvalue weighted by Gasteiger charge is 2.07. The molecule has 0 saturated carbocycles. The van der Waals surface area contributed by atoms with Crippen molar-refractivity contribution in [2.45, 2.75) is 9.92 Å². The van der Waals surface area contributed by atoms with Crippen LogP contribution in [-0.4, -0.2) is 9.97 Å². The van der Waals surface area contributed by atoms with Gasteiger partial charge in [0.15, 0.2) is 5.82 Å². The van der Waals surface area contributed by atoms with Crippen molar-refractivity contribution in [3.8, 4) is 11.4 Å². The summed E-state index contributed by atoms with van der Waals surface area (Å²) in [6, 6.07) is 19.2. The van der Waals surface area contributed by atoms with Gasteiger partial charge in [-0.3, -0.25) is 0 Å². The highest BCUT2D eigenvalue weighted by molar-refractivity contribution is 7.99. The maximum atomic E-state index is 6.00. The van der Waals surface area contributed by atoms with E-state index in [-0.39, 0.29) is 0 Å². The molecular formula is C16H12ClN3S. The molecule has 104 valence electrons. The number of nitrogen functional groups attached to an aromatic ring is 1. The number of nitrogens with two attached hydrogens (primary N) is 1. The van der Waals surface area contributed by atoms with Crippen molar-refractivity contribution in [1.29, 1.82) is 0 Å². The van der Waals surface area contributed by atoms with Crippen LogP contribution in [0.2, 0.25) is 5.02 Å². The fourth-order valence-corrected chi connectivity index (χ4v) is 3.00. The predicted molar refractivity (Wildman–Crippen MR) is 87.5 cm³/mol. The van der Waals surface area contributed by atoms with Gasteiger partial charge in [-0.25, -0.2) is 9.97 Å². The van der Waals surface area contributed by atoms with Crippen LogP contribution in [-0.2, 0) is 0 Å². The number of hydrogen-bond donors (Lipinski definition) is 1. The van der Waals surface area contributed by atoms with E-state index in [0.29, 0.717) is 16.7 Å². The molecule has 0 aliphatic carbocycles. The maximum absolute atomic E-state index is 6.00. The van der Waals surface area contributed by atoms with Crippen molar-refractivity contribution < 1.29 is 0 Å². The molecule has 0 aliphatic rings. The number of rotatable bonds is 3. The zero-order valence-corrected chi connectivity index (χ0v) is 12.6. The van der Waals surface area contributed by atoms with E-state index in [1.807, 2.05) is 54.6 Å². The largest absolute Gasteiger partial charge is 0.384 e. The van der Waals surface area contributed by atoms with Gasteiger partial charge >= 0.3 is 0 Å². The Hall–Kier alpha value is -2.04. The van der Waals surface area contributed by atoms with E-state index in [1.165, 1.54) is 11.8 Å². The molecule has 1 heterocycles. The fraction of sp³-hybridized carbons (Fsp3) is 0. The van der Waals surface area contributed by atoms with Crippen LogP contribution >= 0.6 is 23.4 Å². The van der Waals surface area contributed by atoms with Gasteiger partial charge < -0.3 is 5.73 Å². The average Bonchev–Trinajstić information content (AvgIpc) is 2.47. The summed E-state index contributed by atoms with van der Waals surface area (Å²) >= 11 is 7.51. The fourth-order valence-electron chi connectivity index (χ4n) is 1.86. The normalized spacial score (nSPS) is 10.5. The molecule has 1 aromatic heterocycles. The van der Waals surface area contributed by atoms with Crippen LogP contribution in [0.3, 0.4) is 0 Å². The van der Waals surface area contributed by atoms with Gasteiger partial charge in [-0.05, 0) is 18.2 Å². The van der Waals surface area contributed by atoms with E-state index >= 15 is 0 Å². The van der Waals surface area contributed by atoms with Crippen molar-refractivity contribution >= 4 is 29.2 Å². The van der Waals surface area contributed by atoms with Gasteiger partial charge in [0.25, 0.3) is 0 Å². The van der Waals surface area contributed by atoms with E-state index in [2.05, 4.69) is 9.97 Å². The minimum atomic E-state index is 0.452. The highest BCUT2D eigenvalue weighted by atomic mass is 35.5. The zero-order chi connectivity index (χ0) is 14.7. The Morgan fingerprint density at radius 1 is 0.905 bits per heavy atom. The van der Waals surface area contributed by atoms with Crippen LogP contribution in [0, 0.1) is 0 Å². The number of nitrogens with zero attached hydrogens (tertiary/aromatic N) is 2. The van der Waals surface area contributed by atoms with Gasteiger partial charge in [-0.2, -0.15) is 0 Å². The van der Waals surface area contributed by atoms with Gasteiger partial charge in [-0.15, -0.1) is 0 Å². The van der Waals surface area contributed by atoms with Gasteiger partial charge in [0.05, 0.1) is 0 Å². The lowest BCUT2D eigenvalue weighted by atomic mass is 10.2. The number of anilines is 1. The molecule has 2 aromatic carbocycles. The second-order valence-corrected chi connectivity index (χ2v) is 5.91. The lowest BCUT2D eigenvalue weighted by Crippen LogP contribution is -1.97. The number of hydrogen-bond acceptors (Lipinski definition) is 4. The Morgan fingerprint density at radius 2 is 1.71 bits per heavy atom. The Kier molecular flexibility index (Phi) is 4.08. The summed E-state index contributed by atoms with van der Waals surface area (Å²) in [5.41, 5.74) is 6.83. The van der Waals surface area contributed by atoms with Crippen LogP contribution in [0.4, 0.5) is 5.82 Å². The summed E-state index contributed by atoms with van der Waals surface area (Å²) in [5, 5.41) is 1.49. The summed E-state index contributed by atoms with van der Waals surface area (Å²) in [5.74, 6) is 1.08. The topological polar surface area (TPSA) is 51.8 Å². The smallest absolute Gasteiger partial charge is 0.162 e. The molecule has 0 spiro atoms. The number of aromatic nitrogens is 2. The summed E-state index contributed by atoms with van der Waals surface area (Å²) in [6.45, 7) is 0. The Labute approximate surface area is 132 Å². The molecule has 0 atom stereocenters. The van der Waals surface area contributed by atoms with Gasteiger partial charge in [0, 0.05) is 21.5 Å². The third-order valence-electron chi connectivity index (χ3n) is 2.77. The molecule has 3 nitrogen and oxygen atoms in total. The SMILES string of the molecule is Nc1cc(Sc2cccc(Cl)c2)nc(-c2ccccc2)n1. The molecule has 0 bridgehead atoms. The molecule has 3 rings (SSSR count). The molecule has 2 N–H and O–H groups in total. The Bertz CT molecular complexity index is 762. The van der Waals surface area contributed by atoms with Gasteiger partial charge in [0.2, 0.25) is 0 Å². The zero-order valence-electron chi connectivity index (χ0n) is 11.0. The van der Waals surface area contributed by atoms with E-state index in [1.54, 1.807) is 6.07 Å². The highest BCUT2D eigenvalue weighted by Crippen LogP contribution is 2.30. The lowest BCUT2D eigenvalue weighted by molar-refractivity contribution is 1.06. The molecule has 0 aliphatic heterocycles. The Balaban J connectivity index is 1.95. The van der Waals surface area contributed by atoms with Gasteiger partial charge in [-0.1, -0.05) is 59.8 Å². The van der Waals surface area contributed by atoms with Crippen molar-refractivity contribution in [3.05, 3.63) is 65.7 Å². The van der Waals surface area contributed by atoms with Crippen molar-refractivity contribution in [1.82, 2.24) is 9.97 Å². The first-order valence-electron chi connectivity index (χ1n) is 6.34. The molecular weight excluding hydrogens is 302 g/mol. The van der Waals surface area contributed by atoms with Crippen molar-refractivity contribution in [3.63, 3.8) is 0 Å². The summed E-state index contributed by atoms with van der Waals surface area (Å²) in [7, 11) is 0. The Morgan fingerprint density at radius 3 is 2.48 bits per heavy atom. The van der Waals surface area contributed by atoms with Crippen LogP contribution in [0.25, 0.3) is 11.4 Å². The quantitative estimate of drug-likeness (QED) is 0.722. The molecule has 3 aromatic rings. The minimum Gasteiger partial charge on any atom is -0.384 e. The third kappa shape index (κ3) is 3.54. The van der Waals surface area contributed by atoms with E-state index < -0.39 is 0 Å². The molecule has 5 heteroatoms. The summed E-state index contributed by atoms with van der Waals surface area (Å²) in [4.78, 5) is 9.86.